The Hall–Kier alpha value is -4.26. The van der Waals surface area contributed by atoms with E-state index in [4.69, 9.17) is 5.73 Å². The van der Waals surface area contributed by atoms with Gasteiger partial charge in [0.2, 0.25) is 0 Å². The maximum Gasteiger partial charge on any atom is 0.258 e. The quantitative estimate of drug-likeness (QED) is 0.154. The van der Waals surface area contributed by atoms with Crippen LogP contribution in [0.1, 0.15) is 40.9 Å². The minimum absolute atomic E-state index is 0. The van der Waals surface area contributed by atoms with Crippen LogP contribution >= 0.6 is 12.4 Å². The third-order valence-corrected chi connectivity index (χ3v) is 8.80. The van der Waals surface area contributed by atoms with Crippen LogP contribution in [0, 0.1) is 18.6 Å². The van der Waals surface area contributed by atoms with Crippen molar-refractivity contribution in [2.45, 2.75) is 32.9 Å². The highest BCUT2D eigenvalue weighted by Gasteiger charge is 2.22. The molecule has 1 saturated heterocycles. The van der Waals surface area contributed by atoms with Crippen molar-refractivity contribution in [3.63, 3.8) is 0 Å². The molecule has 6 rings (SSSR count). The van der Waals surface area contributed by atoms with Gasteiger partial charge in [-0.1, -0.05) is 30.3 Å². The maximum absolute atomic E-state index is 15.0. The zero-order valence-electron chi connectivity index (χ0n) is 27.2. The Bertz CT molecular complexity index is 1920. The number of nitrogens with zero attached hydrogens (tertiary/aromatic N) is 4. The van der Waals surface area contributed by atoms with Crippen LogP contribution in [0.5, 0.6) is 0 Å². The molecule has 1 amide bonds. The Morgan fingerprint density at radius 3 is 2.38 bits per heavy atom. The highest BCUT2D eigenvalue weighted by Crippen LogP contribution is 2.35. The lowest BCUT2D eigenvalue weighted by Crippen LogP contribution is -2.47. The van der Waals surface area contributed by atoms with Gasteiger partial charge in [-0.25, -0.2) is 18.7 Å². The van der Waals surface area contributed by atoms with E-state index in [9.17, 15) is 14.3 Å². The average molecular weight is 676 g/mol. The third-order valence-electron chi connectivity index (χ3n) is 8.80. The summed E-state index contributed by atoms with van der Waals surface area (Å²) in [6.07, 6.45) is 1.41. The molecule has 0 aliphatic carbocycles. The fourth-order valence-corrected chi connectivity index (χ4v) is 6.04. The number of aromatic nitrogens is 3. The zero-order valence-corrected chi connectivity index (χ0v) is 28.0. The molecular formula is C36H40ClF2N7O2. The number of anilines is 1. The molecule has 0 unspecified atom stereocenters. The van der Waals surface area contributed by atoms with Crippen LogP contribution < -0.4 is 11.1 Å². The van der Waals surface area contributed by atoms with Crippen LogP contribution in [0.2, 0.25) is 0 Å². The minimum atomic E-state index is -1.27. The van der Waals surface area contributed by atoms with E-state index in [1.807, 2.05) is 6.07 Å². The molecule has 1 aliphatic heterocycles. The number of nitrogens with one attached hydrogen (secondary N) is 2. The van der Waals surface area contributed by atoms with Gasteiger partial charge in [-0.3, -0.25) is 14.6 Å². The lowest BCUT2D eigenvalue weighted by Gasteiger charge is -2.34. The number of carbonyl (C=O) groups is 1. The highest BCUT2D eigenvalue weighted by atomic mass is 35.5. The number of halogens is 3. The van der Waals surface area contributed by atoms with Crippen molar-refractivity contribution in [2.75, 3.05) is 44.6 Å². The first-order chi connectivity index (χ1) is 22.5. The summed E-state index contributed by atoms with van der Waals surface area (Å²) < 4.78 is 29.9. The summed E-state index contributed by atoms with van der Waals surface area (Å²) in [6.45, 7) is 11.4. The maximum atomic E-state index is 15.0. The minimum Gasteiger partial charge on any atom is -0.386 e. The van der Waals surface area contributed by atoms with E-state index in [-0.39, 0.29) is 23.7 Å². The van der Waals surface area contributed by atoms with Gasteiger partial charge >= 0.3 is 0 Å². The van der Waals surface area contributed by atoms with Gasteiger partial charge in [0.25, 0.3) is 5.91 Å². The Labute approximate surface area is 284 Å². The molecule has 5 N–H and O–H groups in total. The predicted molar refractivity (Wildman–Crippen MR) is 187 cm³/mol. The largest absolute Gasteiger partial charge is 0.386 e. The smallest absolute Gasteiger partial charge is 0.258 e. The lowest BCUT2D eigenvalue weighted by atomic mass is 9.96. The van der Waals surface area contributed by atoms with E-state index < -0.39 is 23.1 Å². The molecule has 3 heterocycles. The van der Waals surface area contributed by atoms with Gasteiger partial charge in [-0.2, -0.15) is 0 Å². The monoisotopic (exact) mass is 675 g/mol. The first-order valence-electron chi connectivity index (χ1n) is 15.7. The topological polar surface area (TPSA) is 123 Å². The van der Waals surface area contributed by atoms with E-state index in [2.05, 4.69) is 54.3 Å². The first-order valence-corrected chi connectivity index (χ1v) is 15.7. The van der Waals surface area contributed by atoms with Gasteiger partial charge < -0.3 is 21.1 Å². The fourth-order valence-electron chi connectivity index (χ4n) is 6.04. The van der Waals surface area contributed by atoms with Gasteiger partial charge in [0.1, 0.15) is 23.6 Å². The van der Waals surface area contributed by atoms with E-state index in [0.717, 1.165) is 56.6 Å². The molecule has 0 radical (unpaired) electrons. The molecule has 12 heteroatoms. The number of fused-ring (bicyclic) bond motifs is 1. The third kappa shape index (κ3) is 7.56. The standard InChI is InChI=1S/C36H39F2N7O2.ClH/c1-22-28(17-26(37)18-31(22)43-35(46)27-9-8-25(16-30(27)38)36(2,3)47)33-29-19-32(42-34(29)41-21-40-33)24-6-4-23(5-7-24)20-45-14-12-44(11-10-39)13-15-45;/h4-9,16-19,21,47H,10-15,20,39H2,1-3H3,(H,43,46)(H,40,41,42);1H. The average Bonchev–Trinajstić information content (AvgIpc) is 3.48. The van der Waals surface area contributed by atoms with Crippen LogP contribution in [-0.2, 0) is 12.1 Å². The van der Waals surface area contributed by atoms with Crippen molar-refractivity contribution in [3.05, 3.63) is 101 Å². The Balaban J connectivity index is 0.00000451. The zero-order chi connectivity index (χ0) is 33.3. The second-order valence-corrected chi connectivity index (χ2v) is 12.6. The molecule has 252 valence electrons. The number of benzene rings is 3. The van der Waals surface area contributed by atoms with Gasteiger partial charge in [-0.05, 0) is 73.4 Å². The summed E-state index contributed by atoms with van der Waals surface area (Å²) >= 11 is 0. The second kappa shape index (κ2) is 14.5. The van der Waals surface area contributed by atoms with Crippen LogP contribution in [0.3, 0.4) is 0 Å². The summed E-state index contributed by atoms with van der Waals surface area (Å²) in [5.74, 6) is -2.11. The molecule has 0 bridgehead atoms. The van der Waals surface area contributed by atoms with Crippen molar-refractivity contribution in [1.82, 2.24) is 24.8 Å². The molecule has 9 nitrogen and oxygen atoms in total. The molecule has 5 aromatic rings. The predicted octanol–water partition coefficient (Wildman–Crippen LogP) is 5.86. The number of carbonyl (C=O) groups excluding carboxylic acids is 1. The first kappa shape index (κ1) is 35.1. The Morgan fingerprint density at radius 2 is 1.71 bits per heavy atom. The number of rotatable bonds is 9. The summed E-state index contributed by atoms with van der Waals surface area (Å²) in [6, 6.07) is 16.8. The number of hydrogen-bond acceptors (Lipinski definition) is 7. The van der Waals surface area contributed by atoms with Crippen molar-refractivity contribution >= 4 is 35.0 Å². The van der Waals surface area contributed by atoms with Gasteiger partial charge in [-0.15, -0.1) is 12.4 Å². The van der Waals surface area contributed by atoms with E-state index in [0.29, 0.717) is 40.0 Å². The second-order valence-electron chi connectivity index (χ2n) is 12.6. The summed E-state index contributed by atoms with van der Waals surface area (Å²) in [4.78, 5) is 30.2. The number of piperazine rings is 1. The number of H-pyrrole nitrogens is 1. The Morgan fingerprint density at radius 1 is 1.00 bits per heavy atom. The van der Waals surface area contributed by atoms with Crippen LogP contribution in [0.25, 0.3) is 33.5 Å². The molecule has 1 fully saturated rings. The van der Waals surface area contributed by atoms with Crippen LogP contribution in [0.15, 0.2) is 67.0 Å². The molecule has 48 heavy (non-hydrogen) atoms. The lowest BCUT2D eigenvalue weighted by molar-refractivity contribution is 0.0780. The van der Waals surface area contributed by atoms with Crippen molar-refractivity contribution < 1.29 is 18.7 Å². The summed E-state index contributed by atoms with van der Waals surface area (Å²) in [5, 5.41) is 13.5. The van der Waals surface area contributed by atoms with Gasteiger partial charge in [0.15, 0.2) is 0 Å². The molecule has 3 aromatic carbocycles. The normalized spacial score (nSPS) is 14.2. The van der Waals surface area contributed by atoms with Gasteiger partial charge in [0, 0.05) is 68.1 Å². The molecule has 2 aromatic heterocycles. The number of hydrogen-bond donors (Lipinski definition) is 4. The van der Waals surface area contributed by atoms with Crippen molar-refractivity contribution in [3.8, 4) is 22.5 Å². The summed E-state index contributed by atoms with van der Waals surface area (Å²) in [5.41, 5.74) is 9.90. The van der Waals surface area contributed by atoms with Crippen molar-refractivity contribution in [1.29, 1.82) is 0 Å². The molecule has 0 spiro atoms. The molecular weight excluding hydrogens is 636 g/mol. The van der Waals surface area contributed by atoms with E-state index in [1.165, 1.54) is 50.0 Å². The number of amides is 1. The van der Waals surface area contributed by atoms with E-state index in [1.54, 1.807) is 6.92 Å². The van der Waals surface area contributed by atoms with Crippen LogP contribution in [-0.4, -0.2) is 75.0 Å². The number of nitrogens with two attached hydrogens (primary N) is 1. The molecule has 0 atom stereocenters. The fraction of sp³-hybridized carbons (Fsp3) is 0.306. The Kier molecular flexibility index (Phi) is 10.6. The van der Waals surface area contributed by atoms with Gasteiger partial charge in [0.05, 0.1) is 16.9 Å². The number of aromatic amines is 1. The highest BCUT2D eigenvalue weighted by molar-refractivity contribution is 6.06. The molecule has 1 aliphatic rings. The van der Waals surface area contributed by atoms with E-state index >= 15 is 4.39 Å². The molecule has 0 saturated carbocycles. The number of aliphatic hydroxyl groups is 1. The SMILES string of the molecule is Cc1c(NC(=O)c2ccc(C(C)(C)O)cc2F)cc(F)cc1-c1ncnc2[nH]c(-c3ccc(CN4CCN(CCN)CC4)cc3)cc12.Cl. The van der Waals surface area contributed by atoms with Crippen LogP contribution in [0.4, 0.5) is 14.5 Å². The van der Waals surface area contributed by atoms with Crippen molar-refractivity contribution in [2.24, 2.45) is 5.73 Å². The summed E-state index contributed by atoms with van der Waals surface area (Å²) in [7, 11) is 0.